The first-order valence-corrected chi connectivity index (χ1v) is 3.82. The Morgan fingerprint density at radius 1 is 1.55 bits per heavy atom. The number of aliphatic carboxylic acids is 1. The van der Waals surface area contributed by atoms with Crippen LogP contribution in [-0.2, 0) is 14.9 Å². The van der Waals surface area contributed by atoms with E-state index in [0.29, 0.717) is 6.08 Å². The average Bonchev–Trinajstić information content (AvgIpc) is 1.59. The van der Waals surface area contributed by atoms with Crippen LogP contribution in [0.25, 0.3) is 0 Å². The van der Waals surface area contributed by atoms with Gasteiger partial charge in [0, 0.05) is 6.08 Å². The van der Waals surface area contributed by atoms with Crippen molar-refractivity contribution in [1.82, 2.24) is 0 Å². The molecule has 0 unspecified atom stereocenters. The van der Waals surface area contributed by atoms with Gasteiger partial charge in [-0.1, -0.05) is 6.08 Å². The van der Waals surface area contributed by atoms with Gasteiger partial charge in [-0.2, -0.15) is 0 Å². The Morgan fingerprint density at radius 2 is 2.00 bits per heavy atom. The molecule has 0 heterocycles. The van der Waals surface area contributed by atoms with Crippen LogP contribution >= 0.6 is 0 Å². The minimum absolute atomic E-state index is 0. The van der Waals surface area contributed by atoms with Crippen LogP contribution in [0.2, 0.25) is 0 Å². The van der Waals surface area contributed by atoms with Gasteiger partial charge in [-0.25, -0.2) is 13.2 Å². The van der Waals surface area contributed by atoms with Gasteiger partial charge in [0.2, 0.25) is 0 Å². The maximum Gasteiger partial charge on any atom is 1.00 e. The van der Waals surface area contributed by atoms with Crippen molar-refractivity contribution in [3.05, 3.63) is 12.2 Å². The number of hydrogen-bond donors (Lipinski definition) is 1. The van der Waals surface area contributed by atoms with Gasteiger partial charge < -0.3 is 9.66 Å². The van der Waals surface area contributed by atoms with Gasteiger partial charge in [0.1, 0.15) is 0 Å². The maximum atomic E-state index is 9.81. The van der Waals surface area contributed by atoms with Crippen molar-refractivity contribution in [3.63, 3.8) is 0 Å². The van der Waals surface area contributed by atoms with E-state index in [0.717, 1.165) is 6.08 Å². The van der Waals surface area contributed by atoms with E-state index in [1.165, 1.54) is 0 Å². The molecular formula is C4H5LiO5S. The molecule has 7 heteroatoms. The molecule has 0 aromatic carbocycles. The van der Waals surface area contributed by atoms with Crippen LogP contribution in [0.15, 0.2) is 12.2 Å². The number of hydrogen-bond acceptors (Lipinski definition) is 4. The van der Waals surface area contributed by atoms with Gasteiger partial charge in [0.25, 0.3) is 0 Å². The number of rotatable bonds is 3. The van der Waals surface area contributed by atoms with Crippen LogP contribution < -0.4 is 18.9 Å². The van der Waals surface area contributed by atoms with Crippen molar-refractivity contribution in [2.75, 3.05) is 5.75 Å². The van der Waals surface area contributed by atoms with Gasteiger partial charge in [0.15, 0.2) is 0 Å². The first-order valence-electron chi connectivity index (χ1n) is 2.25. The summed E-state index contributed by atoms with van der Waals surface area (Å²) in [5, 5.41) is 7.93. The fourth-order valence-electron chi connectivity index (χ4n) is 0.267. The summed E-state index contributed by atoms with van der Waals surface area (Å²) in [7, 11) is -4.32. The molecule has 0 aliphatic rings. The second-order valence-corrected chi connectivity index (χ2v) is 2.91. The van der Waals surface area contributed by atoms with E-state index in [4.69, 9.17) is 5.11 Å². The van der Waals surface area contributed by atoms with Crippen LogP contribution in [0.5, 0.6) is 0 Å². The Hall–Kier alpha value is -0.283. The van der Waals surface area contributed by atoms with Gasteiger partial charge in [0.05, 0.1) is 15.9 Å². The van der Waals surface area contributed by atoms with Crippen molar-refractivity contribution in [3.8, 4) is 0 Å². The van der Waals surface area contributed by atoms with E-state index in [1.807, 2.05) is 0 Å². The molecule has 1 N–H and O–H groups in total. The number of carbonyl (C=O) groups is 1. The Labute approximate surface area is 76.0 Å². The fourth-order valence-corrected chi connectivity index (χ4v) is 0.599. The quantitative estimate of drug-likeness (QED) is 0.267. The molecule has 0 atom stereocenters. The summed E-state index contributed by atoms with van der Waals surface area (Å²) in [6, 6.07) is 0. The van der Waals surface area contributed by atoms with Gasteiger partial charge in [-0.3, -0.25) is 0 Å². The average molecular weight is 172 g/mol. The molecule has 0 radical (unpaired) electrons. The Morgan fingerprint density at radius 3 is 2.27 bits per heavy atom. The first-order chi connectivity index (χ1) is 4.42. The van der Waals surface area contributed by atoms with Gasteiger partial charge in [-0.05, 0) is 0 Å². The summed E-state index contributed by atoms with van der Waals surface area (Å²) in [5.74, 6) is -2.05. The van der Waals surface area contributed by atoms with Crippen LogP contribution in [-0.4, -0.2) is 29.8 Å². The Balaban J connectivity index is 0. The molecule has 0 bridgehead atoms. The molecule has 0 saturated heterocycles. The molecule has 0 fully saturated rings. The smallest absolute Gasteiger partial charge is 0.748 e. The van der Waals surface area contributed by atoms with Crippen LogP contribution in [0, 0.1) is 0 Å². The summed E-state index contributed by atoms with van der Waals surface area (Å²) in [5.41, 5.74) is 0. The zero-order valence-electron chi connectivity index (χ0n) is 5.85. The fraction of sp³-hybridized carbons (Fsp3) is 0.250. The third kappa shape index (κ3) is 12.8. The number of carboxylic acid groups (broad SMARTS) is 1. The molecule has 0 spiro atoms. The van der Waals surface area contributed by atoms with Crippen molar-refractivity contribution in [1.29, 1.82) is 0 Å². The van der Waals surface area contributed by atoms with Crippen molar-refractivity contribution in [2.24, 2.45) is 0 Å². The van der Waals surface area contributed by atoms with E-state index >= 15 is 0 Å². The predicted octanol–water partition coefficient (Wildman–Crippen LogP) is -3.82. The summed E-state index contributed by atoms with van der Waals surface area (Å²) in [4.78, 5) is 9.70. The second-order valence-electron chi connectivity index (χ2n) is 1.46. The Kier molecular flexibility index (Phi) is 6.51. The minimum Gasteiger partial charge on any atom is -0.748 e. The molecule has 0 aromatic rings. The van der Waals surface area contributed by atoms with E-state index in [-0.39, 0.29) is 18.9 Å². The third-order valence-corrected chi connectivity index (χ3v) is 1.16. The molecule has 0 saturated carbocycles. The third-order valence-electron chi connectivity index (χ3n) is 0.561. The normalized spacial score (nSPS) is 11.0. The first kappa shape index (κ1) is 13.3. The van der Waals surface area contributed by atoms with E-state index in [1.54, 1.807) is 0 Å². The SMILES string of the molecule is O=C(O)C=CCS(=O)(=O)[O-].[Li+]. The van der Waals surface area contributed by atoms with Crippen LogP contribution in [0.3, 0.4) is 0 Å². The number of carboxylic acids is 1. The molecule has 0 aromatic heterocycles. The Bertz CT molecular complexity index is 241. The van der Waals surface area contributed by atoms with E-state index in [2.05, 4.69) is 0 Å². The zero-order valence-corrected chi connectivity index (χ0v) is 6.67. The summed E-state index contributed by atoms with van der Waals surface area (Å²) in [6.07, 6.45) is 1.39. The molecule has 0 aliphatic carbocycles. The summed E-state index contributed by atoms with van der Waals surface area (Å²) >= 11 is 0. The van der Waals surface area contributed by atoms with Gasteiger partial charge in [-0.15, -0.1) is 0 Å². The minimum atomic E-state index is -4.32. The standard InChI is InChI=1S/C4H6O5S.Li/c5-4(6)2-1-3-10(7,8)9;/h1-2H,3H2,(H,5,6)(H,7,8,9);/q;+1/p-1. The summed E-state index contributed by atoms with van der Waals surface area (Å²) in [6.45, 7) is 0. The van der Waals surface area contributed by atoms with Crippen molar-refractivity contribution in [2.45, 2.75) is 0 Å². The van der Waals surface area contributed by atoms with E-state index < -0.39 is 21.8 Å². The molecule has 11 heavy (non-hydrogen) atoms. The molecule has 0 amide bonds. The molecule has 0 aliphatic heterocycles. The molecule has 5 nitrogen and oxygen atoms in total. The molecule has 0 rings (SSSR count). The maximum absolute atomic E-state index is 9.81. The zero-order chi connectivity index (χ0) is 8.20. The topological polar surface area (TPSA) is 94.5 Å². The van der Waals surface area contributed by atoms with E-state index in [9.17, 15) is 17.8 Å². The monoisotopic (exact) mass is 172 g/mol. The van der Waals surface area contributed by atoms with Crippen LogP contribution in [0.4, 0.5) is 0 Å². The second kappa shape index (κ2) is 5.38. The van der Waals surface area contributed by atoms with Crippen molar-refractivity contribution >= 4 is 16.1 Å². The largest absolute Gasteiger partial charge is 1.00 e. The van der Waals surface area contributed by atoms with Gasteiger partial charge >= 0.3 is 24.8 Å². The van der Waals surface area contributed by atoms with Crippen molar-refractivity contribution < 1.29 is 41.7 Å². The molecular weight excluding hydrogens is 167 g/mol. The predicted molar refractivity (Wildman–Crippen MR) is 31.3 cm³/mol. The molecule has 58 valence electrons. The van der Waals surface area contributed by atoms with Crippen LogP contribution in [0.1, 0.15) is 0 Å². The summed E-state index contributed by atoms with van der Waals surface area (Å²) < 4.78 is 29.4.